The Morgan fingerprint density at radius 3 is 2.40 bits per heavy atom. The largest absolute Gasteiger partial charge is 0.384 e. The molecule has 1 aromatic heterocycles. The standard InChI is InChI=1S/C18H16OS/c1-13-11-15(18(19)16-9-10-20-12-16)7-8-17(13)14-5-3-2-4-6-14/h2-12,18-19H,1H3. The smallest absolute Gasteiger partial charge is 0.105 e. The zero-order valence-electron chi connectivity index (χ0n) is 11.3. The molecule has 20 heavy (non-hydrogen) atoms. The fourth-order valence-corrected chi connectivity index (χ4v) is 3.10. The molecule has 100 valence electrons. The van der Waals surface area contributed by atoms with E-state index in [1.165, 1.54) is 16.7 Å². The van der Waals surface area contributed by atoms with Gasteiger partial charge in [-0.1, -0.05) is 48.5 Å². The Kier molecular flexibility index (Phi) is 3.68. The number of rotatable bonds is 3. The van der Waals surface area contributed by atoms with Crippen molar-refractivity contribution < 1.29 is 5.11 Å². The summed E-state index contributed by atoms with van der Waals surface area (Å²) in [5, 5.41) is 14.4. The summed E-state index contributed by atoms with van der Waals surface area (Å²) in [6.45, 7) is 2.09. The van der Waals surface area contributed by atoms with Crippen LogP contribution in [0.25, 0.3) is 11.1 Å². The van der Waals surface area contributed by atoms with Crippen molar-refractivity contribution in [1.82, 2.24) is 0 Å². The molecule has 1 heterocycles. The Balaban J connectivity index is 1.96. The van der Waals surface area contributed by atoms with Crippen LogP contribution in [0.4, 0.5) is 0 Å². The third-order valence-electron chi connectivity index (χ3n) is 3.51. The topological polar surface area (TPSA) is 20.2 Å². The number of aliphatic hydroxyl groups excluding tert-OH is 1. The van der Waals surface area contributed by atoms with Crippen molar-refractivity contribution >= 4 is 11.3 Å². The number of thiophene rings is 1. The first kappa shape index (κ1) is 13.1. The van der Waals surface area contributed by atoms with Crippen LogP contribution in [0.2, 0.25) is 0 Å². The molecule has 0 fully saturated rings. The van der Waals surface area contributed by atoms with E-state index in [2.05, 4.69) is 31.2 Å². The summed E-state index contributed by atoms with van der Waals surface area (Å²) in [5.74, 6) is 0. The molecule has 0 saturated carbocycles. The van der Waals surface area contributed by atoms with Crippen LogP contribution >= 0.6 is 11.3 Å². The van der Waals surface area contributed by atoms with Gasteiger partial charge in [0, 0.05) is 0 Å². The normalized spacial score (nSPS) is 12.3. The minimum Gasteiger partial charge on any atom is -0.384 e. The van der Waals surface area contributed by atoms with Gasteiger partial charge in [0.1, 0.15) is 6.10 Å². The molecule has 2 aromatic carbocycles. The third kappa shape index (κ3) is 2.53. The minimum atomic E-state index is -0.537. The van der Waals surface area contributed by atoms with Crippen molar-refractivity contribution in [3.05, 3.63) is 82.0 Å². The quantitative estimate of drug-likeness (QED) is 0.730. The van der Waals surface area contributed by atoms with E-state index in [1.54, 1.807) is 11.3 Å². The van der Waals surface area contributed by atoms with Gasteiger partial charge in [0.2, 0.25) is 0 Å². The number of benzene rings is 2. The Hall–Kier alpha value is -1.90. The molecular weight excluding hydrogens is 264 g/mol. The van der Waals surface area contributed by atoms with Gasteiger partial charge in [0.25, 0.3) is 0 Å². The fraction of sp³-hybridized carbons (Fsp3) is 0.111. The molecule has 1 N–H and O–H groups in total. The lowest BCUT2D eigenvalue weighted by Gasteiger charge is -2.13. The predicted molar refractivity (Wildman–Crippen MR) is 85.0 cm³/mol. The van der Waals surface area contributed by atoms with Crippen molar-refractivity contribution in [1.29, 1.82) is 0 Å². The molecule has 1 nitrogen and oxygen atoms in total. The van der Waals surface area contributed by atoms with Crippen molar-refractivity contribution in [3.8, 4) is 11.1 Å². The average molecular weight is 280 g/mol. The second-order valence-electron chi connectivity index (χ2n) is 4.90. The Morgan fingerprint density at radius 1 is 0.950 bits per heavy atom. The fourth-order valence-electron chi connectivity index (χ4n) is 2.42. The predicted octanol–water partition coefficient (Wildman–Crippen LogP) is 4.81. The van der Waals surface area contributed by atoms with Crippen molar-refractivity contribution in [3.63, 3.8) is 0 Å². The molecule has 0 aliphatic carbocycles. The first-order valence-corrected chi connectivity index (χ1v) is 7.56. The summed E-state index contributed by atoms with van der Waals surface area (Å²) in [4.78, 5) is 0. The van der Waals surface area contributed by atoms with Crippen molar-refractivity contribution in [2.75, 3.05) is 0 Å². The highest BCUT2D eigenvalue weighted by Crippen LogP contribution is 2.29. The van der Waals surface area contributed by atoms with E-state index in [9.17, 15) is 5.11 Å². The van der Waals surface area contributed by atoms with E-state index in [4.69, 9.17) is 0 Å². The summed E-state index contributed by atoms with van der Waals surface area (Å²) in [5.41, 5.74) is 5.51. The highest BCUT2D eigenvalue weighted by atomic mass is 32.1. The highest BCUT2D eigenvalue weighted by Gasteiger charge is 2.12. The summed E-state index contributed by atoms with van der Waals surface area (Å²) < 4.78 is 0. The molecule has 0 aliphatic heterocycles. The SMILES string of the molecule is Cc1cc(C(O)c2ccsc2)ccc1-c1ccccc1. The van der Waals surface area contributed by atoms with Gasteiger partial charge in [-0.05, 0) is 51.6 Å². The second kappa shape index (κ2) is 5.61. The minimum absolute atomic E-state index is 0.537. The summed E-state index contributed by atoms with van der Waals surface area (Å²) in [6, 6.07) is 18.5. The molecule has 3 aromatic rings. The average Bonchev–Trinajstić information content (AvgIpc) is 3.01. The monoisotopic (exact) mass is 280 g/mol. The molecular formula is C18H16OS. The van der Waals surface area contributed by atoms with Crippen LogP contribution in [0.5, 0.6) is 0 Å². The lowest BCUT2D eigenvalue weighted by atomic mass is 9.95. The summed E-state index contributed by atoms with van der Waals surface area (Å²) >= 11 is 1.61. The van der Waals surface area contributed by atoms with E-state index in [-0.39, 0.29) is 0 Å². The van der Waals surface area contributed by atoms with Gasteiger partial charge in [-0.15, -0.1) is 0 Å². The third-order valence-corrected chi connectivity index (χ3v) is 4.21. The molecule has 0 saturated heterocycles. The first-order valence-electron chi connectivity index (χ1n) is 6.62. The summed E-state index contributed by atoms with van der Waals surface area (Å²) in [6.07, 6.45) is -0.537. The van der Waals surface area contributed by atoms with Gasteiger partial charge < -0.3 is 5.11 Å². The highest BCUT2D eigenvalue weighted by molar-refractivity contribution is 7.07. The molecule has 0 spiro atoms. The van der Waals surface area contributed by atoms with E-state index in [0.717, 1.165) is 11.1 Å². The van der Waals surface area contributed by atoms with Gasteiger partial charge in [-0.25, -0.2) is 0 Å². The Morgan fingerprint density at radius 2 is 1.75 bits per heavy atom. The molecule has 2 heteroatoms. The van der Waals surface area contributed by atoms with Crippen LogP contribution in [-0.4, -0.2) is 5.11 Å². The molecule has 0 amide bonds. The van der Waals surface area contributed by atoms with Crippen LogP contribution in [0.15, 0.2) is 65.4 Å². The van der Waals surface area contributed by atoms with Gasteiger partial charge in [0.15, 0.2) is 0 Å². The van der Waals surface area contributed by atoms with E-state index >= 15 is 0 Å². The number of aliphatic hydroxyl groups is 1. The molecule has 0 radical (unpaired) electrons. The van der Waals surface area contributed by atoms with Gasteiger partial charge in [-0.3, -0.25) is 0 Å². The van der Waals surface area contributed by atoms with Crippen LogP contribution in [0.1, 0.15) is 22.8 Å². The second-order valence-corrected chi connectivity index (χ2v) is 5.68. The van der Waals surface area contributed by atoms with Crippen LogP contribution in [0.3, 0.4) is 0 Å². The lowest BCUT2D eigenvalue weighted by Crippen LogP contribution is -1.98. The zero-order chi connectivity index (χ0) is 13.9. The molecule has 1 unspecified atom stereocenters. The van der Waals surface area contributed by atoms with E-state index in [0.29, 0.717) is 0 Å². The zero-order valence-corrected chi connectivity index (χ0v) is 12.1. The molecule has 3 rings (SSSR count). The number of aryl methyl sites for hydroxylation is 1. The number of hydrogen-bond donors (Lipinski definition) is 1. The van der Waals surface area contributed by atoms with E-state index < -0.39 is 6.10 Å². The van der Waals surface area contributed by atoms with Gasteiger partial charge in [0.05, 0.1) is 0 Å². The Labute approximate surface area is 123 Å². The van der Waals surface area contributed by atoms with Crippen LogP contribution in [-0.2, 0) is 0 Å². The maximum absolute atomic E-state index is 10.4. The lowest BCUT2D eigenvalue weighted by molar-refractivity contribution is 0.221. The first-order chi connectivity index (χ1) is 9.75. The maximum atomic E-state index is 10.4. The van der Waals surface area contributed by atoms with Crippen molar-refractivity contribution in [2.24, 2.45) is 0 Å². The Bertz CT molecular complexity index is 687. The van der Waals surface area contributed by atoms with Gasteiger partial charge in [-0.2, -0.15) is 11.3 Å². The molecule has 0 aliphatic rings. The van der Waals surface area contributed by atoms with Gasteiger partial charge >= 0.3 is 0 Å². The van der Waals surface area contributed by atoms with Crippen LogP contribution < -0.4 is 0 Å². The molecule has 0 bridgehead atoms. The van der Waals surface area contributed by atoms with Crippen molar-refractivity contribution in [2.45, 2.75) is 13.0 Å². The van der Waals surface area contributed by atoms with Crippen LogP contribution in [0, 0.1) is 6.92 Å². The number of hydrogen-bond acceptors (Lipinski definition) is 2. The molecule has 1 atom stereocenters. The summed E-state index contributed by atoms with van der Waals surface area (Å²) in [7, 11) is 0. The maximum Gasteiger partial charge on any atom is 0.105 e. The van der Waals surface area contributed by atoms with E-state index in [1.807, 2.05) is 41.1 Å².